The zero-order valence-electron chi connectivity index (χ0n) is 16.6. The molecular formula is C22H20FN3O4S. The molecule has 0 unspecified atom stereocenters. The molecule has 0 atom stereocenters. The molecule has 160 valence electrons. The fraction of sp³-hybridized carbons (Fsp3) is 0.0909. The van der Waals surface area contributed by atoms with Crippen molar-refractivity contribution < 1.29 is 22.4 Å². The number of aryl methyl sites for hydroxylation is 1. The lowest BCUT2D eigenvalue weighted by Gasteiger charge is -2.12. The van der Waals surface area contributed by atoms with Crippen LogP contribution < -0.4 is 15.6 Å². The van der Waals surface area contributed by atoms with Gasteiger partial charge in [0, 0.05) is 17.7 Å². The number of rotatable bonds is 6. The van der Waals surface area contributed by atoms with Gasteiger partial charge in [-0.2, -0.15) is 0 Å². The summed E-state index contributed by atoms with van der Waals surface area (Å²) >= 11 is 0. The Hall–Kier alpha value is -3.56. The molecule has 2 amide bonds. The van der Waals surface area contributed by atoms with Crippen LogP contribution in [0.25, 0.3) is 0 Å². The summed E-state index contributed by atoms with van der Waals surface area (Å²) in [5.41, 5.74) is 6.02. The number of hydrogen-bond acceptors (Lipinski definition) is 4. The van der Waals surface area contributed by atoms with E-state index in [0.717, 1.165) is 17.7 Å². The number of hydrazine groups is 1. The van der Waals surface area contributed by atoms with Crippen LogP contribution in [0.2, 0.25) is 0 Å². The third-order valence-corrected chi connectivity index (χ3v) is 5.87. The Morgan fingerprint density at radius 1 is 0.871 bits per heavy atom. The summed E-state index contributed by atoms with van der Waals surface area (Å²) in [6.07, 6.45) is 0. The van der Waals surface area contributed by atoms with E-state index in [-0.39, 0.29) is 22.6 Å². The van der Waals surface area contributed by atoms with Crippen LogP contribution in [0.5, 0.6) is 0 Å². The molecule has 7 nitrogen and oxygen atoms in total. The summed E-state index contributed by atoms with van der Waals surface area (Å²) < 4.78 is 40.7. The molecule has 0 bridgehead atoms. The van der Waals surface area contributed by atoms with E-state index in [1.165, 1.54) is 30.3 Å². The van der Waals surface area contributed by atoms with Gasteiger partial charge in [-0.1, -0.05) is 36.4 Å². The number of carbonyl (C=O) groups is 2. The van der Waals surface area contributed by atoms with Gasteiger partial charge in [0.2, 0.25) is 10.0 Å². The molecule has 0 aromatic heterocycles. The molecule has 0 aliphatic rings. The molecule has 0 aliphatic carbocycles. The summed E-state index contributed by atoms with van der Waals surface area (Å²) in [7, 11) is -3.86. The highest BCUT2D eigenvalue weighted by Crippen LogP contribution is 2.16. The Bertz CT molecular complexity index is 1200. The van der Waals surface area contributed by atoms with Crippen LogP contribution in [-0.4, -0.2) is 20.2 Å². The number of nitrogens with one attached hydrogen (secondary N) is 3. The second-order valence-electron chi connectivity index (χ2n) is 6.70. The third-order valence-electron chi connectivity index (χ3n) is 4.47. The van der Waals surface area contributed by atoms with Gasteiger partial charge in [-0.15, -0.1) is 0 Å². The number of sulfonamides is 1. The molecule has 0 heterocycles. The molecule has 0 aliphatic heterocycles. The van der Waals surface area contributed by atoms with Crippen LogP contribution in [0.15, 0.2) is 77.7 Å². The van der Waals surface area contributed by atoms with Gasteiger partial charge >= 0.3 is 0 Å². The molecule has 0 saturated carbocycles. The van der Waals surface area contributed by atoms with Crippen LogP contribution in [0.3, 0.4) is 0 Å². The van der Waals surface area contributed by atoms with E-state index in [9.17, 15) is 22.4 Å². The monoisotopic (exact) mass is 441 g/mol. The molecule has 0 saturated heterocycles. The lowest BCUT2D eigenvalue weighted by atomic mass is 10.1. The van der Waals surface area contributed by atoms with Gasteiger partial charge in [0.15, 0.2) is 0 Å². The normalized spacial score (nSPS) is 11.0. The maximum atomic E-state index is 13.0. The Labute approximate surface area is 179 Å². The first-order valence-corrected chi connectivity index (χ1v) is 10.7. The summed E-state index contributed by atoms with van der Waals surface area (Å²) in [4.78, 5) is 24.5. The first-order chi connectivity index (χ1) is 14.8. The SMILES string of the molecule is Cc1ccc(S(=O)(=O)NCc2ccccc2)cc1C(=O)NNC(=O)c1ccc(F)cc1. The van der Waals surface area contributed by atoms with Crippen molar-refractivity contribution in [2.75, 3.05) is 0 Å². The van der Waals surface area contributed by atoms with E-state index in [1.54, 1.807) is 31.2 Å². The smallest absolute Gasteiger partial charge is 0.267 e. The second kappa shape index (κ2) is 9.50. The van der Waals surface area contributed by atoms with Gasteiger partial charge in [-0.3, -0.25) is 20.4 Å². The van der Waals surface area contributed by atoms with Crippen molar-refractivity contribution in [2.24, 2.45) is 0 Å². The number of carbonyl (C=O) groups excluding carboxylic acids is 2. The summed E-state index contributed by atoms with van der Waals surface area (Å²) in [5, 5.41) is 0. The average Bonchev–Trinajstić information content (AvgIpc) is 2.77. The predicted octanol–water partition coefficient (Wildman–Crippen LogP) is 2.69. The van der Waals surface area contributed by atoms with Crippen molar-refractivity contribution in [2.45, 2.75) is 18.4 Å². The maximum absolute atomic E-state index is 13.0. The van der Waals surface area contributed by atoms with Crippen molar-refractivity contribution in [3.63, 3.8) is 0 Å². The minimum atomic E-state index is -3.86. The summed E-state index contributed by atoms with van der Waals surface area (Å²) in [5.74, 6) is -1.82. The van der Waals surface area contributed by atoms with Crippen LogP contribution in [-0.2, 0) is 16.6 Å². The molecule has 3 aromatic rings. The van der Waals surface area contributed by atoms with Gasteiger partial charge in [0.05, 0.1) is 4.90 Å². The maximum Gasteiger partial charge on any atom is 0.270 e. The highest BCUT2D eigenvalue weighted by molar-refractivity contribution is 7.89. The Kier molecular flexibility index (Phi) is 6.78. The van der Waals surface area contributed by atoms with Gasteiger partial charge in [0.1, 0.15) is 5.82 Å². The van der Waals surface area contributed by atoms with Crippen molar-refractivity contribution in [1.29, 1.82) is 0 Å². The predicted molar refractivity (Wildman–Crippen MR) is 113 cm³/mol. The Morgan fingerprint density at radius 3 is 2.19 bits per heavy atom. The standard InChI is InChI=1S/C22H20FN3O4S/c1-15-7-12-19(31(29,30)24-14-16-5-3-2-4-6-16)13-20(15)22(28)26-25-21(27)17-8-10-18(23)11-9-17/h2-13,24H,14H2,1H3,(H,25,27)(H,26,28). The zero-order chi connectivity index (χ0) is 22.4. The minimum absolute atomic E-state index is 0.0796. The van der Waals surface area contributed by atoms with Gasteiger partial charge < -0.3 is 0 Å². The molecular weight excluding hydrogens is 421 g/mol. The van der Waals surface area contributed by atoms with E-state index in [2.05, 4.69) is 15.6 Å². The molecule has 0 radical (unpaired) electrons. The first kappa shape index (κ1) is 22.1. The lowest BCUT2D eigenvalue weighted by molar-refractivity contribution is 0.0846. The summed E-state index contributed by atoms with van der Waals surface area (Å²) in [6.45, 7) is 1.75. The largest absolute Gasteiger partial charge is 0.270 e. The molecule has 0 spiro atoms. The fourth-order valence-electron chi connectivity index (χ4n) is 2.72. The fourth-order valence-corrected chi connectivity index (χ4v) is 3.77. The minimum Gasteiger partial charge on any atom is -0.267 e. The third kappa shape index (κ3) is 5.74. The molecule has 31 heavy (non-hydrogen) atoms. The lowest BCUT2D eigenvalue weighted by Crippen LogP contribution is -2.42. The van der Waals surface area contributed by atoms with E-state index in [0.29, 0.717) is 5.56 Å². The van der Waals surface area contributed by atoms with Crippen molar-refractivity contribution in [3.05, 3.63) is 101 Å². The molecule has 3 rings (SSSR count). The second-order valence-corrected chi connectivity index (χ2v) is 8.47. The van der Waals surface area contributed by atoms with Crippen LogP contribution >= 0.6 is 0 Å². The number of amides is 2. The number of benzene rings is 3. The summed E-state index contributed by atoms with van der Waals surface area (Å²) in [6, 6.07) is 18.0. The Balaban J connectivity index is 1.70. The van der Waals surface area contributed by atoms with Crippen LogP contribution in [0.4, 0.5) is 4.39 Å². The number of halogens is 1. The van der Waals surface area contributed by atoms with Gasteiger partial charge in [-0.25, -0.2) is 17.5 Å². The van der Waals surface area contributed by atoms with E-state index in [4.69, 9.17) is 0 Å². The highest BCUT2D eigenvalue weighted by Gasteiger charge is 2.18. The van der Waals surface area contributed by atoms with E-state index >= 15 is 0 Å². The molecule has 0 fully saturated rings. The van der Waals surface area contributed by atoms with Gasteiger partial charge in [0.25, 0.3) is 11.8 Å². The van der Waals surface area contributed by atoms with Crippen LogP contribution in [0, 0.1) is 12.7 Å². The van der Waals surface area contributed by atoms with Crippen molar-refractivity contribution in [1.82, 2.24) is 15.6 Å². The highest BCUT2D eigenvalue weighted by atomic mass is 32.2. The first-order valence-electron chi connectivity index (χ1n) is 9.27. The van der Waals surface area contributed by atoms with E-state index < -0.39 is 27.7 Å². The average molecular weight is 441 g/mol. The topological polar surface area (TPSA) is 104 Å². The van der Waals surface area contributed by atoms with Gasteiger partial charge in [-0.05, 0) is 54.4 Å². The molecule has 3 aromatic carbocycles. The molecule has 3 N–H and O–H groups in total. The molecule has 9 heteroatoms. The zero-order valence-corrected chi connectivity index (χ0v) is 17.4. The quantitative estimate of drug-likeness (QED) is 0.512. The Morgan fingerprint density at radius 2 is 1.52 bits per heavy atom. The van der Waals surface area contributed by atoms with E-state index in [1.807, 2.05) is 6.07 Å². The van der Waals surface area contributed by atoms with Crippen LogP contribution in [0.1, 0.15) is 31.8 Å². The van der Waals surface area contributed by atoms with Crippen molar-refractivity contribution in [3.8, 4) is 0 Å². The number of hydrogen-bond donors (Lipinski definition) is 3. The van der Waals surface area contributed by atoms with Crippen molar-refractivity contribution >= 4 is 21.8 Å².